The van der Waals surface area contributed by atoms with E-state index in [0.717, 1.165) is 128 Å². The van der Waals surface area contributed by atoms with Crippen LogP contribution in [0.1, 0.15) is 194 Å². The van der Waals surface area contributed by atoms with Gasteiger partial charge >= 0.3 is 11.9 Å². The maximum Gasteiger partial charge on any atom is 0.306 e. The highest BCUT2D eigenvalue weighted by Crippen LogP contribution is 2.14. The van der Waals surface area contributed by atoms with Gasteiger partial charge in [0.05, 0.1) is 40.3 Å². The van der Waals surface area contributed by atoms with Crippen molar-refractivity contribution in [2.75, 3.05) is 47.5 Å². The molecular formula is C62H101NO8. The second-order valence-electron chi connectivity index (χ2n) is 19.1. The molecule has 9 nitrogen and oxygen atoms in total. The zero-order chi connectivity index (χ0) is 52.0. The number of carboxylic acid groups (broad SMARTS) is 1. The number of carbonyl (C=O) groups is 3. The Kier molecular flexibility index (Phi) is 48.9. The van der Waals surface area contributed by atoms with Gasteiger partial charge in [0.25, 0.3) is 0 Å². The molecular weight excluding hydrogens is 887 g/mol. The third kappa shape index (κ3) is 53.3. The van der Waals surface area contributed by atoms with Crippen molar-refractivity contribution in [1.82, 2.24) is 0 Å². The quantitative estimate of drug-likeness (QED) is 0.0195. The predicted molar refractivity (Wildman–Crippen MR) is 296 cm³/mol. The van der Waals surface area contributed by atoms with Crippen LogP contribution in [0.25, 0.3) is 0 Å². The van der Waals surface area contributed by atoms with Gasteiger partial charge in [0, 0.05) is 12.8 Å². The Hall–Kier alpha value is -4.31. The number of carbonyl (C=O) groups excluding carboxylic acids is 3. The van der Waals surface area contributed by atoms with Crippen LogP contribution in [0.5, 0.6) is 0 Å². The van der Waals surface area contributed by atoms with Crippen molar-refractivity contribution in [2.45, 2.75) is 206 Å². The van der Waals surface area contributed by atoms with Gasteiger partial charge in [-0.15, -0.1) is 0 Å². The summed E-state index contributed by atoms with van der Waals surface area (Å²) in [5, 5.41) is 11.8. The molecule has 0 heterocycles. The lowest BCUT2D eigenvalue weighted by atomic mass is 10.1. The summed E-state index contributed by atoms with van der Waals surface area (Å²) < 4.78 is 22.6. The number of rotatable bonds is 49. The van der Waals surface area contributed by atoms with Gasteiger partial charge in [-0.25, -0.2) is 0 Å². The summed E-state index contributed by atoms with van der Waals surface area (Å²) in [7, 11) is 5.90. The van der Waals surface area contributed by atoms with Crippen LogP contribution < -0.4 is 5.11 Å². The summed E-state index contributed by atoms with van der Waals surface area (Å²) in [6.45, 7) is 4.47. The van der Waals surface area contributed by atoms with Crippen molar-refractivity contribution in [3.05, 3.63) is 122 Å². The first-order chi connectivity index (χ1) is 34.6. The van der Waals surface area contributed by atoms with Crippen molar-refractivity contribution in [3.63, 3.8) is 0 Å². The molecule has 0 aromatic rings. The average molecular weight is 988 g/mol. The van der Waals surface area contributed by atoms with Crippen molar-refractivity contribution in [1.29, 1.82) is 0 Å². The van der Waals surface area contributed by atoms with Crippen molar-refractivity contribution in [2.24, 2.45) is 0 Å². The highest BCUT2D eigenvalue weighted by molar-refractivity contribution is 5.70. The van der Waals surface area contributed by atoms with Crippen LogP contribution in [0.3, 0.4) is 0 Å². The van der Waals surface area contributed by atoms with Gasteiger partial charge in [0.15, 0.2) is 12.4 Å². The number of hydrogen-bond acceptors (Lipinski definition) is 8. The number of likely N-dealkylation sites (N-methyl/N-ethyl adjacent to an activating group) is 1. The standard InChI is InChI=1S/C62H101NO8/c1-6-8-10-12-14-16-18-20-22-24-26-27-28-29-30-31-32-33-35-37-39-41-43-45-47-49-51-53-60(65)71-58(57-70-62(61(66)67)68-55-54-63(3,4)5)56-69-59(64)52-50-48-46-44-42-40-38-36-34-25-23-21-19-17-15-13-11-9-7-2/h8-11,14-17,20-23,26-27,29-30,32-34,36,58,62H,6-7,12-13,18-19,24-25,28,31,35,37-57H2,1-5H3/b10-8-,11-9-,16-14-,17-15-,22-20-,23-21-,27-26-,30-29-,33-32-,36-34-. The number of carboxylic acids is 1. The number of allylic oxidation sites excluding steroid dienone is 20. The van der Waals surface area contributed by atoms with E-state index in [1.54, 1.807) is 0 Å². The highest BCUT2D eigenvalue weighted by Gasteiger charge is 2.22. The largest absolute Gasteiger partial charge is 0.545 e. The number of nitrogens with zero attached hydrogens (tertiary/aromatic N) is 1. The SMILES string of the molecule is CC/C=C\C/C=C\C/C=C\C/C=C\C/C=C\C/C=C\CCCCCCCCCCC(=O)OC(COC(=O)CCCCCCCC/C=C\C/C=C\C/C=C\C/C=C\CC)COC(OCC[N+](C)(C)C)C(=O)[O-]. The number of aliphatic carboxylic acids is 1. The van der Waals surface area contributed by atoms with Crippen LogP contribution in [-0.2, 0) is 33.3 Å². The second kappa shape index (κ2) is 52.0. The summed E-state index contributed by atoms with van der Waals surface area (Å²) in [6.07, 6.45) is 69.5. The molecule has 0 radical (unpaired) electrons. The first-order valence-corrected chi connectivity index (χ1v) is 27.7. The third-order valence-corrected chi connectivity index (χ3v) is 11.2. The number of unbranched alkanes of at least 4 members (excludes halogenated alkanes) is 14. The molecule has 2 unspecified atom stereocenters. The monoisotopic (exact) mass is 988 g/mol. The summed E-state index contributed by atoms with van der Waals surface area (Å²) in [5.74, 6) is -2.33. The summed E-state index contributed by atoms with van der Waals surface area (Å²) in [5.41, 5.74) is 0. The lowest BCUT2D eigenvalue weighted by Gasteiger charge is -2.26. The number of hydrogen-bond donors (Lipinski definition) is 0. The maximum absolute atomic E-state index is 12.9. The van der Waals surface area contributed by atoms with E-state index in [1.165, 1.54) is 25.7 Å². The molecule has 0 aliphatic heterocycles. The molecule has 0 spiro atoms. The van der Waals surface area contributed by atoms with Crippen molar-refractivity contribution >= 4 is 17.9 Å². The van der Waals surface area contributed by atoms with E-state index in [4.69, 9.17) is 18.9 Å². The lowest BCUT2D eigenvalue weighted by Crippen LogP contribution is -2.44. The molecule has 71 heavy (non-hydrogen) atoms. The van der Waals surface area contributed by atoms with Crippen LogP contribution in [0, 0.1) is 0 Å². The van der Waals surface area contributed by atoms with E-state index in [-0.39, 0.29) is 38.6 Å². The number of quaternary nitrogens is 1. The smallest absolute Gasteiger partial charge is 0.306 e. The van der Waals surface area contributed by atoms with E-state index >= 15 is 0 Å². The van der Waals surface area contributed by atoms with Crippen molar-refractivity contribution in [3.8, 4) is 0 Å². The van der Waals surface area contributed by atoms with E-state index in [0.29, 0.717) is 23.9 Å². The van der Waals surface area contributed by atoms with Crippen LogP contribution in [-0.4, -0.2) is 82.3 Å². The molecule has 2 atom stereocenters. The first kappa shape index (κ1) is 66.7. The van der Waals surface area contributed by atoms with Gasteiger partial charge in [-0.2, -0.15) is 0 Å². The van der Waals surface area contributed by atoms with E-state index < -0.39 is 24.3 Å². The highest BCUT2D eigenvalue weighted by atomic mass is 16.7. The molecule has 0 rings (SSSR count). The summed E-state index contributed by atoms with van der Waals surface area (Å²) in [6, 6.07) is 0. The molecule has 402 valence electrons. The Labute approximate surface area is 434 Å². The van der Waals surface area contributed by atoms with Crippen LogP contribution in [0.15, 0.2) is 122 Å². The van der Waals surface area contributed by atoms with Gasteiger partial charge < -0.3 is 33.3 Å². The number of esters is 2. The number of ether oxygens (including phenoxy) is 4. The van der Waals surface area contributed by atoms with E-state index in [2.05, 4.69) is 135 Å². The minimum absolute atomic E-state index is 0.136. The molecule has 0 amide bonds. The predicted octanol–water partition coefficient (Wildman–Crippen LogP) is 14.8. The lowest BCUT2D eigenvalue weighted by molar-refractivity contribution is -0.870. The fourth-order valence-electron chi connectivity index (χ4n) is 7.00. The summed E-state index contributed by atoms with van der Waals surface area (Å²) >= 11 is 0. The first-order valence-electron chi connectivity index (χ1n) is 27.7. The van der Waals surface area contributed by atoms with Gasteiger partial charge in [0.1, 0.15) is 13.2 Å². The molecule has 0 bridgehead atoms. The fraction of sp³-hybridized carbons (Fsp3) is 0.629. The van der Waals surface area contributed by atoms with Gasteiger partial charge in [0.2, 0.25) is 0 Å². The van der Waals surface area contributed by atoms with E-state index in [1.807, 2.05) is 21.1 Å². The Morgan fingerprint density at radius 1 is 0.423 bits per heavy atom. The normalized spacial score (nSPS) is 13.8. The molecule has 0 aromatic carbocycles. The second-order valence-corrected chi connectivity index (χ2v) is 19.1. The summed E-state index contributed by atoms with van der Waals surface area (Å²) in [4.78, 5) is 37.3. The molecule has 0 fully saturated rings. The Morgan fingerprint density at radius 3 is 1.13 bits per heavy atom. The molecule has 0 saturated carbocycles. The molecule has 0 aromatic heterocycles. The minimum Gasteiger partial charge on any atom is -0.545 e. The zero-order valence-corrected chi connectivity index (χ0v) is 45.5. The van der Waals surface area contributed by atoms with Crippen LogP contribution in [0.4, 0.5) is 0 Å². The van der Waals surface area contributed by atoms with Crippen LogP contribution >= 0.6 is 0 Å². The van der Waals surface area contributed by atoms with Crippen molar-refractivity contribution < 1.29 is 42.9 Å². The van der Waals surface area contributed by atoms with Crippen LogP contribution in [0.2, 0.25) is 0 Å². The Morgan fingerprint density at radius 2 is 0.761 bits per heavy atom. The Balaban J connectivity index is 4.35. The Bertz CT molecular complexity index is 1570. The molecule has 0 aliphatic rings. The molecule has 0 aliphatic carbocycles. The van der Waals surface area contributed by atoms with Gasteiger partial charge in [-0.3, -0.25) is 9.59 Å². The average Bonchev–Trinajstić information content (AvgIpc) is 3.34. The molecule has 0 N–H and O–H groups in total. The molecule has 0 saturated heterocycles. The third-order valence-electron chi connectivity index (χ3n) is 11.2. The fourth-order valence-corrected chi connectivity index (χ4v) is 7.00. The minimum atomic E-state index is -1.64. The van der Waals surface area contributed by atoms with Gasteiger partial charge in [-0.1, -0.05) is 200 Å². The topological polar surface area (TPSA) is 111 Å². The van der Waals surface area contributed by atoms with Gasteiger partial charge in [-0.05, 0) is 103 Å². The van der Waals surface area contributed by atoms with E-state index in [9.17, 15) is 19.5 Å². The zero-order valence-electron chi connectivity index (χ0n) is 45.5. The molecule has 9 heteroatoms. The maximum atomic E-state index is 12.9.